The van der Waals surface area contributed by atoms with Crippen LogP contribution in [0.4, 0.5) is 5.69 Å². The first kappa shape index (κ1) is 9.78. The number of hydrogen-bond donors (Lipinski definition) is 0. The Bertz CT molecular complexity index is 276. The minimum Gasteiger partial charge on any atom is -0.370 e. The lowest BCUT2D eigenvalue weighted by Crippen LogP contribution is -2.23. The Kier molecular flexibility index (Phi) is 3.25. The molecule has 1 aliphatic rings. The molecule has 0 aromatic carbocycles. The minimum atomic E-state index is 0.573. The second-order valence-electron chi connectivity index (χ2n) is 3.74. The van der Waals surface area contributed by atoms with Crippen molar-refractivity contribution in [2.24, 2.45) is 0 Å². The molecule has 0 spiro atoms. The highest BCUT2D eigenvalue weighted by atomic mass is 35.5. The second kappa shape index (κ2) is 4.65. The summed E-state index contributed by atoms with van der Waals surface area (Å²) in [5, 5.41) is 0.573. The van der Waals surface area contributed by atoms with E-state index in [9.17, 15) is 0 Å². The van der Waals surface area contributed by atoms with E-state index < -0.39 is 0 Å². The van der Waals surface area contributed by atoms with Crippen molar-refractivity contribution < 1.29 is 0 Å². The summed E-state index contributed by atoms with van der Waals surface area (Å²) in [6, 6.07) is 3.92. The maximum atomic E-state index is 5.75. The van der Waals surface area contributed by atoms with Crippen molar-refractivity contribution in [1.82, 2.24) is 4.98 Å². The minimum absolute atomic E-state index is 0.573. The van der Waals surface area contributed by atoms with Crippen LogP contribution in [0, 0.1) is 0 Å². The van der Waals surface area contributed by atoms with Crippen molar-refractivity contribution >= 4 is 17.3 Å². The SMILES string of the molecule is Clc1ccc(N2CCCCCC2)cn1. The molecule has 14 heavy (non-hydrogen) atoms. The van der Waals surface area contributed by atoms with E-state index >= 15 is 0 Å². The van der Waals surface area contributed by atoms with Gasteiger partial charge in [0.05, 0.1) is 11.9 Å². The molecule has 76 valence electrons. The van der Waals surface area contributed by atoms with Gasteiger partial charge < -0.3 is 4.90 Å². The zero-order chi connectivity index (χ0) is 9.80. The molecule has 0 saturated carbocycles. The van der Waals surface area contributed by atoms with Gasteiger partial charge in [0, 0.05) is 13.1 Å². The van der Waals surface area contributed by atoms with Crippen LogP contribution in [0.2, 0.25) is 5.15 Å². The van der Waals surface area contributed by atoms with Gasteiger partial charge in [0.25, 0.3) is 0 Å². The maximum Gasteiger partial charge on any atom is 0.129 e. The molecule has 0 amide bonds. The quantitative estimate of drug-likeness (QED) is 0.663. The summed E-state index contributed by atoms with van der Waals surface area (Å²) >= 11 is 5.75. The average Bonchev–Trinajstić information content (AvgIpc) is 2.47. The van der Waals surface area contributed by atoms with Crippen LogP contribution in [0.15, 0.2) is 18.3 Å². The number of aromatic nitrogens is 1. The third-order valence-electron chi connectivity index (χ3n) is 2.68. The number of nitrogens with zero attached hydrogens (tertiary/aromatic N) is 2. The third kappa shape index (κ3) is 2.38. The lowest BCUT2D eigenvalue weighted by atomic mass is 10.2. The van der Waals surface area contributed by atoms with Crippen molar-refractivity contribution in [2.75, 3.05) is 18.0 Å². The molecular formula is C11H15ClN2. The molecule has 0 aliphatic carbocycles. The van der Waals surface area contributed by atoms with Crippen LogP contribution >= 0.6 is 11.6 Å². The third-order valence-corrected chi connectivity index (χ3v) is 2.91. The van der Waals surface area contributed by atoms with Gasteiger partial charge in [0.2, 0.25) is 0 Å². The molecule has 1 fully saturated rings. The largest absolute Gasteiger partial charge is 0.370 e. The highest BCUT2D eigenvalue weighted by molar-refractivity contribution is 6.29. The standard InChI is InChI=1S/C11H15ClN2/c12-11-6-5-10(9-13-11)14-7-3-1-2-4-8-14/h5-6,9H,1-4,7-8H2. The summed E-state index contributed by atoms with van der Waals surface area (Å²) in [4.78, 5) is 6.51. The van der Waals surface area contributed by atoms with Crippen LogP contribution in [-0.4, -0.2) is 18.1 Å². The fourth-order valence-electron chi connectivity index (χ4n) is 1.88. The van der Waals surface area contributed by atoms with Crippen LogP contribution < -0.4 is 4.90 Å². The van der Waals surface area contributed by atoms with E-state index in [2.05, 4.69) is 16.0 Å². The molecule has 2 nitrogen and oxygen atoms in total. The Labute approximate surface area is 89.9 Å². The normalized spacial score (nSPS) is 17.9. The zero-order valence-electron chi connectivity index (χ0n) is 8.25. The fraction of sp³-hybridized carbons (Fsp3) is 0.545. The summed E-state index contributed by atoms with van der Waals surface area (Å²) in [6.45, 7) is 2.31. The molecule has 2 rings (SSSR count). The molecule has 0 atom stereocenters. The van der Waals surface area contributed by atoms with Crippen molar-refractivity contribution in [3.8, 4) is 0 Å². The second-order valence-corrected chi connectivity index (χ2v) is 4.13. The van der Waals surface area contributed by atoms with Gasteiger partial charge in [-0.3, -0.25) is 0 Å². The van der Waals surface area contributed by atoms with Gasteiger partial charge in [-0.1, -0.05) is 24.4 Å². The molecule has 1 aromatic heterocycles. The first-order valence-electron chi connectivity index (χ1n) is 5.23. The topological polar surface area (TPSA) is 16.1 Å². The molecule has 0 radical (unpaired) electrons. The van der Waals surface area contributed by atoms with E-state index in [1.165, 1.54) is 31.4 Å². The first-order valence-corrected chi connectivity index (χ1v) is 5.60. The highest BCUT2D eigenvalue weighted by Gasteiger charge is 2.09. The molecule has 1 aliphatic heterocycles. The Balaban J connectivity index is 2.08. The molecule has 0 N–H and O–H groups in total. The summed E-state index contributed by atoms with van der Waals surface area (Å²) in [5.41, 5.74) is 1.20. The van der Waals surface area contributed by atoms with Crippen molar-refractivity contribution in [1.29, 1.82) is 0 Å². The van der Waals surface area contributed by atoms with E-state index in [0.29, 0.717) is 5.15 Å². The van der Waals surface area contributed by atoms with E-state index in [4.69, 9.17) is 11.6 Å². The van der Waals surface area contributed by atoms with Crippen LogP contribution in [0.1, 0.15) is 25.7 Å². The van der Waals surface area contributed by atoms with E-state index in [1.807, 2.05) is 12.3 Å². The van der Waals surface area contributed by atoms with Crippen LogP contribution in [0.25, 0.3) is 0 Å². The molecule has 0 bridgehead atoms. The lowest BCUT2D eigenvalue weighted by Gasteiger charge is -2.21. The van der Waals surface area contributed by atoms with E-state index in [-0.39, 0.29) is 0 Å². The zero-order valence-corrected chi connectivity index (χ0v) is 9.00. The van der Waals surface area contributed by atoms with Crippen LogP contribution in [0.5, 0.6) is 0 Å². The Morgan fingerprint density at radius 2 is 1.79 bits per heavy atom. The van der Waals surface area contributed by atoms with Crippen LogP contribution in [0.3, 0.4) is 0 Å². The van der Waals surface area contributed by atoms with Crippen LogP contribution in [-0.2, 0) is 0 Å². The smallest absolute Gasteiger partial charge is 0.129 e. The summed E-state index contributed by atoms with van der Waals surface area (Å²) < 4.78 is 0. The van der Waals surface area contributed by atoms with Gasteiger partial charge in [-0.2, -0.15) is 0 Å². The molecule has 1 aromatic rings. The van der Waals surface area contributed by atoms with Crippen molar-refractivity contribution in [2.45, 2.75) is 25.7 Å². The predicted molar refractivity (Wildman–Crippen MR) is 59.9 cm³/mol. The molecular weight excluding hydrogens is 196 g/mol. The Hall–Kier alpha value is -0.760. The average molecular weight is 211 g/mol. The fourth-order valence-corrected chi connectivity index (χ4v) is 2.00. The lowest BCUT2D eigenvalue weighted by molar-refractivity contribution is 0.726. The van der Waals surface area contributed by atoms with Gasteiger partial charge in [0.15, 0.2) is 0 Å². The summed E-state index contributed by atoms with van der Waals surface area (Å²) in [6.07, 6.45) is 7.17. The van der Waals surface area contributed by atoms with Gasteiger partial charge in [-0.05, 0) is 25.0 Å². The predicted octanol–water partition coefficient (Wildman–Crippen LogP) is 3.12. The number of anilines is 1. The molecule has 0 unspecified atom stereocenters. The number of hydrogen-bond acceptors (Lipinski definition) is 2. The van der Waals surface area contributed by atoms with Gasteiger partial charge >= 0.3 is 0 Å². The van der Waals surface area contributed by atoms with Gasteiger partial charge in [0.1, 0.15) is 5.15 Å². The number of halogens is 1. The van der Waals surface area contributed by atoms with E-state index in [0.717, 1.165) is 13.1 Å². The van der Waals surface area contributed by atoms with Crippen molar-refractivity contribution in [3.05, 3.63) is 23.5 Å². The molecule has 2 heterocycles. The number of pyridine rings is 1. The summed E-state index contributed by atoms with van der Waals surface area (Å²) in [7, 11) is 0. The first-order chi connectivity index (χ1) is 6.86. The van der Waals surface area contributed by atoms with Crippen molar-refractivity contribution in [3.63, 3.8) is 0 Å². The highest BCUT2D eigenvalue weighted by Crippen LogP contribution is 2.19. The monoisotopic (exact) mass is 210 g/mol. The molecule has 3 heteroatoms. The van der Waals surface area contributed by atoms with Gasteiger partial charge in [-0.25, -0.2) is 4.98 Å². The maximum absolute atomic E-state index is 5.75. The summed E-state index contributed by atoms with van der Waals surface area (Å²) in [5.74, 6) is 0. The Morgan fingerprint density at radius 1 is 1.07 bits per heavy atom. The molecule has 1 saturated heterocycles. The van der Waals surface area contributed by atoms with Gasteiger partial charge in [-0.15, -0.1) is 0 Å². The van der Waals surface area contributed by atoms with E-state index in [1.54, 1.807) is 0 Å². The number of rotatable bonds is 1. The Morgan fingerprint density at radius 3 is 2.36 bits per heavy atom.